The number of nitrogens with zero attached hydrogens (tertiary/aromatic N) is 3. The number of hydrogen-bond donors (Lipinski definition) is 1. The number of pyridine rings is 1. The fourth-order valence-electron chi connectivity index (χ4n) is 2.86. The minimum Gasteiger partial charge on any atom is -0.481 e. The molecule has 0 amide bonds. The number of hydrogen-bond acceptors (Lipinski definition) is 3. The second-order valence-corrected chi connectivity index (χ2v) is 5.62. The van der Waals surface area contributed by atoms with Crippen molar-refractivity contribution in [3.63, 3.8) is 0 Å². The number of piperidine rings is 1. The van der Waals surface area contributed by atoms with Crippen LogP contribution in [0.3, 0.4) is 0 Å². The van der Waals surface area contributed by atoms with Crippen molar-refractivity contribution >= 4 is 11.6 Å². The molecule has 3 heterocycles. The number of aryl methyl sites for hydroxylation is 1. The van der Waals surface area contributed by atoms with Gasteiger partial charge in [-0.1, -0.05) is 6.07 Å². The zero-order chi connectivity index (χ0) is 14.1. The van der Waals surface area contributed by atoms with Gasteiger partial charge in [-0.3, -0.25) is 9.69 Å². The molecule has 3 rings (SSSR count). The fraction of sp³-hybridized carbons (Fsp3) is 0.467. The average molecular weight is 273 g/mol. The van der Waals surface area contributed by atoms with E-state index in [4.69, 9.17) is 5.11 Å². The van der Waals surface area contributed by atoms with Crippen molar-refractivity contribution in [1.82, 2.24) is 14.3 Å². The van der Waals surface area contributed by atoms with Gasteiger partial charge in [0.2, 0.25) is 0 Å². The number of fused-ring (bicyclic) bond motifs is 1. The minimum absolute atomic E-state index is 0.233. The highest BCUT2D eigenvalue weighted by molar-refractivity contribution is 5.70. The predicted molar refractivity (Wildman–Crippen MR) is 75.6 cm³/mol. The Kier molecular flexibility index (Phi) is 3.44. The first-order valence-electron chi connectivity index (χ1n) is 7.01. The third kappa shape index (κ3) is 2.67. The largest absolute Gasteiger partial charge is 0.481 e. The van der Waals surface area contributed by atoms with Crippen LogP contribution in [0.4, 0.5) is 0 Å². The standard InChI is InChI=1S/C15H19N3O2/c1-11-4-5-14-16-13(10-18(14)7-11)9-17-6-2-3-12(8-17)15(19)20/h4-5,7,10,12H,2-3,6,8-9H2,1H3,(H,19,20). The van der Waals surface area contributed by atoms with Crippen molar-refractivity contribution in [2.75, 3.05) is 13.1 Å². The Bertz CT molecular complexity index is 635. The molecule has 0 saturated carbocycles. The van der Waals surface area contributed by atoms with Crippen LogP contribution in [0.1, 0.15) is 24.1 Å². The maximum absolute atomic E-state index is 11.1. The number of carbonyl (C=O) groups is 1. The smallest absolute Gasteiger partial charge is 0.307 e. The molecule has 1 N–H and O–H groups in total. The number of aliphatic carboxylic acids is 1. The van der Waals surface area contributed by atoms with E-state index in [1.165, 1.54) is 5.56 Å². The molecule has 1 aliphatic heterocycles. The second-order valence-electron chi connectivity index (χ2n) is 5.62. The Morgan fingerprint density at radius 3 is 3.10 bits per heavy atom. The van der Waals surface area contributed by atoms with Gasteiger partial charge < -0.3 is 9.51 Å². The summed E-state index contributed by atoms with van der Waals surface area (Å²) in [6.07, 6.45) is 5.83. The molecule has 106 valence electrons. The van der Waals surface area contributed by atoms with Crippen LogP contribution >= 0.6 is 0 Å². The van der Waals surface area contributed by atoms with Gasteiger partial charge in [-0.15, -0.1) is 0 Å². The normalized spacial score (nSPS) is 20.4. The van der Waals surface area contributed by atoms with Gasteiger partial charge in [0.25, 0.3) is 0 Å². The van der Waals surface area contributed by atoms with E-state index in [-0.39, 0.29) is 5.92 Å². The molecule has 5 heteroatoms. The van der Waals surface area contributed by atoms with Gasteiger partial charge in [-0.2, -0.15) is 0 Å². The van der Waals surface area contributed by atoms with E-state index >= 15 is 0 Å². The highest BCUT2D eigenvalue weighted by Gasteiger charge is 2.25. The molecule has 2 aromatic rings. The molecule has 20 heavy (non-hydrogen) atoms. The minimum atomic E-state index is -0.680. The summed E-state index contributed by atoms with van der Waals surface area (Å²) in [7, 11) is 0. The topological polar surface area (TPSA) is 57.8 Å². The molecule has 1 aliphatic rings. The summed E-state index contributed by atoms with van der Waals surface area (Å²) >= 11 is 0. The summed E-state index contributed by atoms with van der Waals surface area (Å²) in [5.74, 6) is -0.914. The Morgan fingerprint density at radius 1 is 1.45 bits per heavy atom. The lowest BCUT2D eigenvalue weighted by atomic mass is 9.98. The van der Waals surface area contributed by atoms with Crippen molar-refractivity contribution in [1.29, 1.82) is 0 Å². The average Bonchev–Trinajstić information content (AvgIpc) is 2.80. The Labute approximate surface area is 117 Å². The van der Waals surface area contributed by atoms with E-state index in [9.17, 15) is 4.79 Å². The van der Waals surface area contributed by atoms with Gasteiger partial charge in [-0.25, -0.2) is 4.98 Å². The number of carboxylic acid groups (broad SMARTS) is 1. The zero-order valence-corrected chi connectivity index (χ0v) is 11.6. The molecule has 0 radical (unpaired) electrons. The number of aromatic nitrogens is 2. The summed E-state index contributed by atoms with van der Waals surface area (Å²) in [5, 5.41) is 9.12. The zero-order valence-electron chi connectivity index (χ0n) is 11.6. The third-order valence-electron chi connectivity index (χ3n) is 3.89. The summed E-state index contributed by atoms with van der Waals surface area (Å²) in [5.41, 5.74) is 3.14. The molecule has 1 atom stereocenters. The molecular weight excluding hydrogens is 254 g/mol. The first kappa shape index (κ1) is 13.1. The molecule has 2 aromatic heterocycles. The van der Waals surface area contributed by atoms with E-state index in [1.807, 2.05) is 22.7 Å². The van der Waals surface area contributed by atoms with Crippen molar-refractivity contribution in [3.8, 4) is 0 Å². The summed E-state index contributed by atoms with van der Waals surface area (Å²) < 4.78 is 2.03. The molecule has 0 bridgehead atoms. The van der Waals surface area contributed by atoms with E-state index in [1.54, 1.807) is 0 Å². The lowest BCUT2D eigenvalue weighted by Gasteiger charge is -2.29. The van der Waals surface area contributed by atoms with Crippen LogP contribution < -0.4 is 0 Å². The van der Waals surface area contributed by atoms with Gasteiger partial charge in [0.15, 0.2) is 0 Å². The quantitative estimate of drug-likeness (QED) is 0.928. The van der Waals surface area contributed by atoms with Crippen molar-refractivity contribution in [2.24, 2.45) is 5.92 Å². The van der Waals surface area contributed by atoms with Crippen LogP contribution in [0, 0.1) is 12.8 Å². The highest BCUT2D eigenvalue weighted by Crippen LogP contribution is 2.19. The molecule has 0 aliphatic carbocycles. The number of imidazole rings is 1. The third-order valence-corrected chi connectivity index (χ3v) is 3.89. The summed E-state index contributed by atoms with van der Waals surface area (Å²) in [6.45, 7) is 4.37. The molecule has 1 unspecified atom stereocenters. The van der Waals surface area contributed by atoms with Crippen molar-refractivity contribution < 1.29 is 9.90 Å². The van der Waals surface area contributed by atoms with Crippen molar-refractivity contribution in [3.05, 3.63) is 35.8 Å². The van der Waals surface area contributed by atoms with Gasteiger partial charge in [0, 0.05) is 25.5 Å². The van der Waals surface area contributed by atoms with Crippen LogP contribution in [0.5, 0.6) is 0 Å². The lowest BCUT2D eigenvalue weighted by Crippen LogP contribution is -2.38. The maximum Gasteiger partial charge on any atom is 0.307 e. The molecule has 0 spiro atoms. The van der Waals surface area contributed by atoms with Crippen molar-refractivity contribution in [2.45, 2.75) is 26.3 Å². The van der Waals surface area contributed by atoms with Crippen LogP contribution in [-0.2, 0) is 11.3 Å². The van der Waals surface area contributed by atoms with Gasteiger partial charge in [0.05, 0.1) is 11.6 Å². The van der Waals surface area contributed by atoms with Crippen LogP contribution in [-0.4, -0.2) is 38.4 Å². The van der Waals surface area contributed by atoms with E-state index < -0.39 is 5.97 Å². The first-order valence-corrected chi connectivity index (χ1v) is 7.01. The van der Waals surface area contributed by atoms with E-state index in [0.717, 1.165) is 37.3 Å². The number of rotatable bonds is 3. The Balaban J connectivity index is 1.74. The predicted octanol–water partition coefficient (Wildman–Crippen LogP) is 1.94. The lowest BCUT2D eigenvalue weighted by molar-refractivity contribution is -0.143. The number of likely N-dealkylation sites (tertiary alicyclic amines) is 1. The van der Waals surface area contributed by atoms with Crippen LogP contribution in [0.15, 0.2) is 24.5 Å². The van der Waals surface area contributed by atoms with Crippen LogP contribution in [0.2, 0.25) is 0 Å². The molecule has 5 nitrogen and oxygen atoms in total. The van der Waals surface area contributed by atoms with Gasteiger partial charge >= 0.3 is 5.97 Å². The molecule has 1 saturated heterocycles. The fourth-order valence-corrected chi connectivity index (χ4v) is 2.86. The molecule has 0 aromatic carbocycles. The second kappa shape index (κ2) is 5.25. The summed E-state index contributed by atoms with van der Waals surface area (Å²) in [4.78, 5) is 17.9. The Hall–Kier alpha value is -1.88. The first-order chi connectivity index (χ1) is 9.61. The highest BCUT2D eigenvalue weighted by atomic mass is 16.4. The Morgan fingerprint density at radius 2 is 2.30 bits per heavy atom. The van der Waals surface area contributed by atoms with Crippen LogP contribution in [0.25, 0.3) is 5.65 Å². The van der Waals surface area contributed by atoms with E-state index in [0.29, 0.717) is 6.54 Å². The molecular formula is C15H19N3O2. The monoisotopic (exact) mass is 273 g/mol. The SMILES string of the molecule is Cc1ccc2nc(CN3CCCC(C(=O)O)C3)cn2c1. The van der Waals surface area contributed by atoms with Gasteiger partial charge in [-0.05, 0) is 37.9 Å². The summed E-state index contributed by atoms with van der Waals surface area (Å²) in [6, 6.07) is 4.06. The maximum atomic E-state index is 11.1. The van der Waals surface area contributed by atoms with Gasteiger partial charge in [0.1, 0.15) is 5.65 Å². The van der Waals surface area contributed by atoms with E-state index in [2.05, 4.69) is 23.0 Å². The number of carboxylic acids is 1. The molecule has 1 fully saturated rings.